The summed E-state index contributed by atoms with van der Waals surface area (Å²) in [7, 11) is 0. The summed E-state index contributed by atoms with van der Waals surface area (Å²) in [6, 6.07) is 0. The van der Waals surface area contributed by atoms with E-state index in [9.17, 15) is 4.79 Å². The fourth-order valence-electron chi connectivity index (χ4n) is 0.480. The molecule has 0 aliphatic rings. The Hall–Kier alpha value is -1.38. The Bertz CT molecular complexity index is 309. The van der Waals surface area contributed by atoms with Gasteiger partial charge in [0, 0.05) is 5.38 Å². The monoisotopic (exact) mass is 183 g/mol. The molecule has 1 N–H and O–H groups in total. The van der Waals surface area contributed by atoms with Crippen molar-refractivity contribution in [2.24, 2.45) is 0 Å². The predicted octanol–water partition coefficient (Wildman–Crippen LogP) is 0.253. The summed E-state index contributed by atoms with van der Waals surface area (Å²) in [4.78, 5) is 14.6. The highest BCUT2D eigenvalue weighted by atomic mass is 32.1. The molecule has 0 amide bonds. The first-order valence-corrected chi connectivity index (χ1v) is 3.97. The molecule has 1 aromatic heterocycles. The molecule has 0 aliphatic heterocycles. The van der Waals surface area contributed by atoms with Gasteiger partial charge in [0.15, 0.2) is 5.69 Å². The van der Waals surface area contributed by atoms with Gasteiger partial charge in [-0.1, -0.05) is 0 Å². The summed E-state index contributed by atoms with van der Waals surface area (Å²) in [5, 5.41) is 9.79. The Morgan fingerprint density at radius 1 is 1.83 bits per heavy atom. The number of rotatable bonds is 1. The van der Waals surface area contributed by atoms with Crippen LogP contribution in [0.4, 0.5) is 0 Å². The Morgan fingerprint density at radius 3 is 3.25 bits per heavy atom. The molecule has 1 aromatic rings. The van der Waals surface area contributed by atoms with E-state index < -0.39 is 5.97 Å². The van der Waals surface area contributed by atoms with Crippen LogP contribution in [0.5, 0.6) is 0 Å². The topological polar surface area (TPSA) is 59.4 Å². The molecule has 0 fully saturated rings. The highest BCUT2D eigenvalue weighted by Gasteiger charge is 2.06. The van der Waals surface area contributed by atoms with Gasteiger partial charge in [-0.15, -0.1) is 11.3 Å². The zero-order chi connectivity index (χ0) is 8.81. The number of aliphatic hydroxyl groups is 1. The van der Waals surface area contributed by atoms with E-state index in [4.69, 9.17) is 5.11 Å². The van der Waals surface area contributed by atoms with Gasteiger partial charge >= 0.3 is 5.97 Å². The number of carbonyl (C=O) groups excluding carboxylic acids is 1. The van der Waals surface area contributed by atoms with E-state index in [0.29, 0.717) is 0 Å². The number of ether oxygens (including phenoxy) is 1. The third-order valence-corrected chi connectivity index (χ3v) is 1.52. The number of aromatic nitrogens is 1. The van der Waals surface area contributed by atoms with Crippen molar-refractivity contribution in [3.63, 3.8) is 0 Å². The molecule has 1 heterocycles. The molecule has 0 saturated carbocycles. The first kappa shape index (κ1) is 8.71. The molecule has 0 unspecified atom stereocenters. The molecule has 62 valence electrons. The molecule has 5 heteroatoms. The Morgan fingerprint density at radius 2 is 2.67 bits per heavy atom. The average Bonchev–Trinajstić information content (AvgIpc) is 2.56. The minimum atomic E-state index is -0.600. The van der Waals surface area contributed by atoms with Crippen molar-refractivity contribution in [1.29, 1.82) is 0 Å². The van der Waals surface area contributed by atoms with Crippen molar-refractivity contribution in [2.45, 2.75) is 0 Å². The molecule has 0 aromatic carbocycles. The van der Waals surface area contributed by atoms with E-state index in [2.05, 4.69) is 15.6 Å². The van der Waals surface area contributed by atoms with Crippen LogP contribution in [-0.4, -0.2) is 22.7 Å². The second-order valence-electron chi connectivity index (χ2n) is 1.70. The zero-order valence-corrected chi connectivity index (χ0v) is 6.80. The molecule has 0 atom stereocenters. The van der Waals surface area contributed by atoms with Crippen LogP contribution in [0, 0.1) is 12.0 Å². The Balaban J connectivity index is 2.51. The molecule has 0 saturated heterocycles. The summed E-state index contributed by atoms with van der Waals surface area (Å²) in [5.41, 5.74) is 1.75. The van der Waals surface area contributed by atoms with Crippen LogP contribution < -0.4 is 0 Å². The van der Waals surface area contributed by atoms with Gasteiger partial charge in [-0.05, 0) is 5.92 Å². The predicted molar refractivity (Wildman–Crippen MR) is 42.4 cm³/mol. The van der Waals surface area contributed by atoms with E-state index in [1.54, 1.807) is 5.38 Å². The maximum atomic E-state index is 10.9. The molecule has 0 spiro atoms. The maximum absolute atomic E-state index is 10.9. The molecule has 0 radical (unpaired) electrons. The van der Waals surface area contributed by atoms with Crippen LogP contribution in [0.1, 0.15) is 10.5 Å². The summed E-state index contributed by atoms with van der Waals surface area (Å²) in [5.74, 6) is 1.58. The molecule has 0 bridgehead atoms. The van der Waals surface area contributed by atoms with E-state index >= 15 is 0 Å². The molecule has 12 heavy (non-hydrogen) atoms. The van der Waals surface area contributed by atoms with Crippen LogP contribution in [0.25, 0.3) is 0 Å². The average molecular weight is 183 g/mol. The fraction of sp³-hybridized carbons (Fsp3) is 0.143. The van der Waals surface area contributed by atoms with Crippen LogP contribution in [-0.2, 0) is 4.74 Å². The number of aliphatic hydroxyl groups excluding tert-OH is 1. The summed E-state index contributed by atoms with van der Waals surface area (Å²) < 4.78 is 4.41. The lowest BCUT2D eigenvalue weighted by atomic mass is 10.5. The summed E-state index contributed by atoms with van der Waals surface area (Å²) in [6.07, 6.45) is 2.04. The SMILES string of the molecule is O=C(OC#CCO)c1cscn1. The van der Waals surface area contributed by atoms with Crippen molar-refractivity contribution in [3.8, 4) is 12.0 Å². The first-order valence-electron chi connectivity index (χ1n) is 3.02. The third kappa shape index (κ3) is 2.34. The number of hydrogen-bond donors (Lipinski definition) is 1. The van der Waals surface area contributed by atoms with Crippen LogP contribution in [0.2, 0.25) is 0 Å². The molecule has 0 aliphatic carbocycles. The second-order valence-corrected chi connectivity index (χ2v) is 2.42. The standard InChI is InChI=1S/C7H5NO3S/c9-2-1-3-11-7(10)6-4-12-5-8-6/h4-5,9H,2H2. The molecule has 1 rings (SSSR count). The highest BCUT2D eigenvalue weighted by Crippen LogP contribution is 2.01. The lowest BCUT2D eigenvalue weighted by molar-refractivity contribution is 0.0684. The van der Waals surface area contributed by atoms with Crippen LogP contribution in [0.3, 0.4) is 0 Å². The third-order valence-electron chi connectivity index (χ3n) is 0.936. The van der Waals surface area contributed by atoms with Crippen molar-refractivity contribution in [2.75, 3.05) is 6.61 Å². The number of hydrogen-bond acceptors (Lipinski definition) is 5. The Kier molecular flexibility index (Phi) is 3.26. The lowest BCUT2D eigenvalue weighted by Gasteiger charge is -1.88. The Labute approximate surface area is 72.8 Å². The van der Waals surface area contributed by atoms with Gasteiger partial charge in [-0.2, -0.15) is 0 Å². The number of nitrogens with zero attached hydrogens (tertiary/aromatic N) is 1. The minimum Gasteiger partial charge on any atom is -0.384 e. The number of thiazole rings is 1. The fourth-order valence-corrected chi connectivity index (χ4v) is 1.00. The summed E-state index contributed by atoms with van der Waals surface area (Å²) >= 11 is 1.30. The van der Waals surface area contributed by atoms with Crippen LogP contribution >= 0.6 is 11.3 Å². The number of carbonyl (C=O) groups is 1. The van der Waals surface area contributed by atoms with Crippen molar-refractivity contribution >= 4 is 17.3 Å². The first-order chi connectivity index (χ1) is 5.84. The molecular formula is C7H5NO3S. The van der Waals surface area contributed by atoms with E-state index in [0.717, 1.165) is 0 Å². The normalized spacial score (nSPS) is 8.42. The smallest absolute Gasteiger partial charge is 0.371 e. The zero-order valence-electron chi connectivity index (χ0n) is 5.98. The van der Waals surface area contributed by atoms with E-state index in [-0.39, 0.29) is 12.3 Å². The van der Waals surface area contributed by atoms with E-state index in [1.165, 1.54) is 16.8 Å². The molecular weight excluding hydrogens is 178 g/mol. The van der Waals surface area contributed by atoms with Gasteiger partial charge < -0.3 is 9.84 Å². The van der Waals surface area contributed by atoms with Gasteiger partial charge in [0.2, 0.25) is 0 Å². The van der Waals surface area contributed by atoms with Gasteiger partial charge in [-0.3, -0.25) is 0 Å². The highest BCUT2D eigenvalue weighted by molar-refractivity contribution is 7.07. The molecule has 4 nitrogen and oxygen atoms in total. The van der Waals surface area contributed by atoms with Gasteiger partial charge in [0.25, 0.3) is 0 Å². The second kappa shape index (κ2) is 4.49. The maximum Gasteiger partial charge on any atom is 0.371 e. The minimum absolute atomic E-state index is 0.229. The lowest BCUT2D eigenvalue weighted by Crippen LogP contribution is -2.00. The van der Waals surface area contributed by atoms with Crippen molar-refractivity contribution in [1.82, 2.24) is 4.98 Å². The number of esters is 1. The largest absolute Gasteiger partial charge is 0.384 e. The summed E-state index contributed by atoms with van der Waals surface area (Å²) in [6.45, 7) is -0.329. The van der Waals surface area contributed by atoms with Gasteiger partial charge in [0.1, 0.15) is 12.7 Å². The quantitative estimate of drug-likeness (QED) is 0.501. The van der Waals surface area contributed by atoms with Crippen LogP contribution in [0.15, 0.2) is 10.9 Å². The van der Waals surface area contributed by atoms with Gasteiger partial charge in [0.05, 0.1) is 5.51 Å². The van der Waals surface area contributed by atoms with Crippen molar-refractivity contribution in [3.05, 3.63) is 16.6 Å². The van der Waals surface area contributed by atoms with Gasteiger partial charge in [-0.25, -0.2) is 9.78 Å². The van der Waals surface area contributed by atoms with E-state index in [1.807, 2.05) is 6.11 Å². The van der Waals surface area contributed by atoms with Crippen molar-refractivity contribution < 1.29 is 14.6 Å².